The lowest BCUT2D eigenvalue weighted by Crippen LogP contribution is -2.35. The molecule has 0 aliphatic rings. The number of hydrogen-bond acceptors (Lipinski definition) is 3. The summed E-state index contributed by atoms with van der Waals surface area (Å²) in [7, 11) is 1.86. The van der Waals surface area contributed by atoms with Crippen molar-refractivity contribution >= 4 is 0 Å². The minimum absolute atomic E-state index is 0.166. The van der Waals surface area contributed by atoms with E-state index < -0.39 is 12.2 Å². The molecule has 0 saturated carbocycles. The van der Waals surface area contributed by atoms with Crippen LogP contribution in [0.4, 0.5) is 0 Å². The maximum Gasteiger partial charge on any atom is 0.0856 e. The highest BCUT2D eigenvalue weighted by atomic mass is 16.3. The van der Waals surface area contributed by atoms with E-state index in [0.717, 1.165) is 24.2 Å². The van der Waals surface area contributed by atoms with Crippen LogP contribution in [0.15, 0.2) is 6.07 Å². The van der Waals surface area contributed by atoms with Crippen molar-refractivity contribution in [3.05, 3.63) is 17.5 Å². The van der Waals surface area contributed by atoms with Gasteiger partial charge in [0.25, 0.3) is 0 Å². The van der Waals surface area contributed by atoms with Crippen LogP contribution in [0.25, 0.3) is 0 Å². The molecule has 0 aliphatic heterocycles. The third kappa shape index (κ3) is 3.54. The summed E-state index contributed by atoms with van der Waals surface area (Å²) in [5.74, 6) is 0.166. The van der Waals surface area contributed by atoms with Gasteiger partial charge in [0, 0.05) is 19.2 Å². The van der Waals surface area contributed by atoms with E-state index in [1.807, 2.05) is 33.9 Å². The Hall–Kier alpha value is -0.870. The summed E-state index contributed by atoms with van der Waals surface area (Å²) in [5, 5.41) is 24.3. The van der Waals surface area contributed by atoms with Crippen molar-refractivity contribution in [3.63, 3.8) is 0 Å². The number of rotatable bonds is 6. The molecule has 0 fully saturated rings. The number of aromatic nitrogens is 2. The molecule has 4 heteroatoms. The number of aryl methyl sites for hydroxylation is 2. The first kappa shape index (κ1) is 14.2. The summed E-state index contributed by atoms with van der Waals surface area (Å²) < 4.78 is 1.76. The van der Waals surface area contributed by atoms with Crippen LogP contribution >= 0.6 is 0 Å². The van der Waals surface area contributed by atoms with Crippen LogP contribution in [0, 0.1) is 12.8 Å². The summed E-state index contributed by atoms with van der Waals surface area (Å²) >= 11 is 0. The molecule has 0 saturated heterocycles. The van der Waals surface area contributed by atoms with E-state index in [2.05, 4.69) is 5.10 Å². The van der Waals surface area contributed by atoms with E-state index in [-0.39, 0.29) is 5.92 Å². The summed E-state index contributed by atoms with van der Waals surface area (Å²) in [5.41, 5.74) is 1.90. The lowest BCUT2D eigenvalue weighted by atomic mass is 9.91. The molecule has 1 aromatic rings. The van der Waals surface area contributed by atoms with Crippen molar-refractivity contribution in [2.45, 2.75) is 52.2 Å². The lowest BCUT2D eigenvalue weighted by molar-refractivity contribution is -0.0195. The Labute approximate surface area is 103 Å². The summed E-state index contributed by atoms with van der Waals surface area (Å²) in [6.45, 7) is 6.00. The molecule has 0 aliphatic carbocycles. The van der Waals surface area contributed by atoms with Gasteiger partial charge >= 0.3 is 0 Å². The first-order valence-electron chi connectivity index (χ1n) is 6.35. The highest BCUT2D eigenvalue weighted by molar-refractivity contribution is 5.10. The van der Waals surface area contributed by atoms with E-state index in [9.17, 15) is 10.2 Å². The molecule has 0 spiro atoms. The topological polar surface area (TPSA) is 58.3 Å². The highest BCUT2D eigenvalue weighted by Crippen LogP contribution is 2.18. The molecule has 0 bridgehead atoms. The average molecular weight is 240 g/mol. The predicted octanol–water partition coefficient (Wildman–Crippen LogP) is 1.43. The van der Waals surface area contributed by atoms with Gasteiger partial charge in [-0.15, -0.1) is 0 Å². The standard InChI is InChI=1S/C13H24N2O2/c1-5-10(6-2)13(17)12(16)8-11-7-9(3)14-15(11)4/h7,10,12-13,16-17H,5-6,8H2,1-4H3. The maximum atomic E-state index is 10.1. The molecule has 1 rings (SSSR count). The number of aliphatic hydroxyl groups excluding tert-OH is 2. The molecular weight excluding hydrogens is 216 g/mol. The quantitative estimate of drug-likeness (QED) is 0.791. The monoisotopic (exact) mass is 240 g/mol. The third-order valence-corrected chi connectivity index (χ3v) is 3.44. The Kier molecular flexibility index (Phi) is 5.15. The summed E-state index contributed by atoms with van der Waals surface area (Å²) in [4.78, 5) is 0. The SMILES string of the molecule is CCC(CC)C(O)C(O)Cc1cc(C)nn1C. The van der Waals surface area contributed by atoms with Gasteiger partial charge in [-0.25, -0.2) is 0 Å². The van der Waals surface area contributed by atoms with Crippen molar-refractivity contribution in [1.82, 2.24) is 9.78 Å². The van der Waals surface area contributed by atoms with Crippen molar-refractivity contribution in [2.24, 2.45) is 13.0 Å². The van der Waals surface area contributed by atoms with Crippen LogP contribution in [-0.2, 0) is 13.5 Å². The van der Waals surface area contributed by atoms with E-state index in [4.69, 9.17) is 0 Å². The molecule has 2 N–H and O–H groups in total. The van der Waals surface area contributed by atoms with E-state index in [0.29, 0.717) is 6.42 Å². The molecule has 1 aromatic heterocycles. The average Bonchev–Trinajstić information content (AvgIpc) is 2.59. The Morgan fingerprint density at radius 1 is 1.29 bits per heavy atom. The molecule has 2 unspecified atom stereocenters. The minimum Gasteiger partial charge on any atom is -0.390 e. The van der Waals surface area contributed by atoms with Gasteiger partial charge in [0.2, 0.25) is 0 Å². The van der Waals surface area contributed by atoms with Gasteiger partial charge < -0.3 is 10.2 Å². The third-order valence-electron chi connectivity index (χ3n) is 3.44. The Balaban J connectivity index is 2.65. The molecule has 2 atom stereocenters. The Bertz CT molecular complexity index is 345. The van der Waals surface area contributed by atoms with E-state index >= 15 is 0 Å². The summed E-state index contributed by atoms with van der Waals surface area (Å²) in [6.07, 6.45) is 0.864. The first-order chi connectivity index (χ1) is 7.99. The van der Waals surface area contributed by atoms with Gasteiger partial charge in [0.15, 0.2) is 0 Å². The smallest absolute Gasteiger partial charge is 0.0856 e. The molecule has 0 radical (unpaired) electrons. The van der Waals surface area contributed by atoms with Crippen molar-refractivity contribution in [1.29, 1.82) is 0 Å². The fraction of sp³-hybridized carbons (Fsp3) is 0.769. The van der Waals surface area contributed by atoms with Crippen LogP contribution in [0.3, 0.4) is 0 Å². The summed E-state index contributed by atoms with van der Waals surface area (Å²) in [6, 6.07) is 1.95. The van der Waals surface area contributed by atoms with Crippen molar-refractivity contribution < 1.29 is 10.2 Å². The number of nitrogens with zero attached hydrogens (tertiary/aromatic N) is 2. The van der Waals surface area contributed by atoms with Gasteiger partial charge in [-0.05, 0) is 18.9 Å². The highest BCUT2D eigenvalue weighted by Gasteiger charge is 2.24. The maximum absolute atomic E-state index is 10.1. The van der Waals surface area contributed by atoms with Crippen LogP contribution < -0.4 is 0 Å². The molecule has 4 nitrogen and oxygen atoms in total. The molecule has 98 valence electrons. The fourth-order valence-electron chi connectivity index (χ4n) is 2.28. The Morgan fingerprint density at radius 2 is 1.88 bits per heavy atom. The number of aliphatic hydroxyl groups is 2. The zero-order chi connectivity index (χ0) is 13.0. The van der Waals surface area contributed by atoms with Gasteiger partial charge in [0.05, 0.1) is 17.9 Å². The van der Waals surface area contributed by atoms with E-state index in [1.54, 1.807) is 4.68 Å². The van der Waals surface area contributed by atoms with E-state index in [1.165, 1.54) is 0 Å². The zero-order valence-corrected chi connectivity index (χ0v) is 11.2. The normalized spacial score (nSPS) is 15.2. The van der Waals surface area contributed by atoms with Crippen LogP contribution in [-0.4, -0.2) is 32.2 Å². The molecule has 0 amide bonds. The second kappa shape index (κ2) is 6.17. The van der Waals surface area contributed by atoms with Crippen LogP contribution in [0.5, 0.6) is 0 Å². The largest absolute Gasteiger partial charge is 0.390 e. The zero-order valence-electron chi connectivity index (χ0n) is 11.2. The Morgan fingerprint density at radius 3 is 2.29 bits per heavy atom. The fourth-order valence-corrected chi connectivity index (χ4v) is 2.28. The lowest BCUT2D eigenvalue weighted by Gasteiger charge is -2.25. The van der Waals surface area contributed by atoms with Gasteiger partial charge in [-0.3, -0.25) is 4.68 Å². The van der Waals surface area contributed by atoms with Crippen LogP contribution in [0.2, 0.25) is 0 Å². The minimum atomic E-state index is -0.713. The second-order valence-electron chi connectivity index (χ2n) is 4.74. The molecule has 0 aromatic carbocycles. The van der Waals surface area contributed by atoms with Crippen LogP contribution in [0.1, 0.15) is 38.1 Å². The molecular formula is C13H24N2O2. The van der Waals surface area contributed by atoms with Crippen molar-refractivity contribution in [3.8, 4) is 0 Å². The number of hydrogen-bond donors (Lipinski definition) is 2. The van der Waals surface area contributed by atoms with Crippen molar-refractivity contribution in [2.75, 3.05) is 0 Å². The van der Waals surface area contributed by atoms with Gasteiger partial charge in [-0.1, -0.05) is 26.7 Å². The molecule has 1 heterocycles. The predicted molar refractivity (Wildman–Crippen MR) is 67.7 cm³/mol. The second-order valence-corrected chi connectivity index (χ2v) is 4.74. The first-order valence-corrected chi connectivity index (χ1v) is 6.35. The van der Waals surface area contributed by atoms with Gasteiger partial charge in [0.1, 0.15) is 0 Å². The van der Waals surface area contributed by atoms with Gasteiger partial charge in [-0.2, -0.15) is 5.10 Å². The molecule has 17 heavy (non-hydrogen) atoms.